The SMILES string of the molecule is N#Cc1ccc(F)cc1C=CCCBr. The van der Waals surface area contributed by atoms with Gasteiger partial charge < -0.3 is 0 Å². The molecule has 0 aliphatic carbocycles. The quantitative estimate of drug-likeness (QED) is 0.757. The molecule has 0 aliphatic heterocycles. The maximum Gasteiger partial charge on any atom is 0.123 e. The predicted molar refractivity (Wildman–Crippen MR) is 58.6 cm³/mol. The molecule has 0 amide bonds. The van der Waals surface area contributed by atoms with Crippen LogP contribution in [0.5, 0.6) is 0 Å². The molecule has 0 saturated carbocycles. The van der Waals surface area contributed by atoms with Crippen LogP contribution in [0.4, 0.5) is 4.39 Å². The third-order valence-electron chi connectivity index (χ3n) is 1.71. The summed E-state index contributed by atoms with van der Waals surface area (Å²) in [5, 5.41) is 9.61. The van der Waals surface area contributed by atoms with E-state index in [0.29, 0.717) is 11.1 Å². The maximum atomic E-state index is 12.8. The number of nitrogens with zero attached hydrogens (tertiary/aromatic N) is 1. The van der Waals surface area contributed by atoms with Crippen molar-refractivity contribution in [2.24, 2.45) is 0 Å². The lowest BCUT2D eigenvalue weighted by molar-refractivity contribution is 0.627. The van der Waals surface area contributed by atoms with Crippen molar-refractivity contribution in [3.05, 3.63) is 41.2 Å². The summed E-state index contributed by atoms with van der Waals surface area (Å²) in [6, 6.07) is 6.17. The molecule has 0 N–H and O–H groups in total. The molecule has 3 heteroatoms. The van der Waals surface area contributed by atoms with Gasteiger partial charge >= 0.3 is 0 Å². The highest BCUT2D eigenvalue weighted by atomic mass is 79.9. The molecule has 0 bridgehead atoms. The molecular formula is C11H9BrFN. The van der Waals surface area contributed by atoms with Gasteiger partial charge in [0.2, 0.25) is 0 Å². The number of hydrogen-bond donors (Lipinski definition) is 0. The molecule has 0 unspecified atom stereocenters. The van der Waals surface area contributed by atoms with E-state index in [1.165, 1.54) is 18.2 Å². The molecule has 0 fully saturated rings. The normalized spacial score (nSPS) is 10.4. The minimum absolute atomic E-state index is 0.317. The van der Waals surface area contributed by atoms with Crippen LogP contribution in [0.1, 0.15) is 17.5 Å². The van der Waals surface area contributed by atoms with Gasteiger partial charge in [-0.15, -0.1) is 0 Å². The summed E-state index contributed by atoms with van der Waals surface area (Å²) in [4.78, 5) is 0. The smallest absolute Gasteiger partial charge is 0.123 e. The highest BCUT2D eigenvalue weighted by molar-refractivity contribution is 9.09. The average Bonchev–Trinajstić information content (AvgIpc) is 2.19. The standard InChI is InChI=1S/C11H9BrFN/c12-6-2-1-3-9-7-11(13)5-4-10(9)8-14/h1,3-5,7H,2,6H2. The van der Waals surface area contributed by atoms with Crippen molar-refractivity contribution in [3.63, 3.8) is 0 Å². The van der Waals surface area contributed by atoms with Gasteiger partial charge in [-0.3, -0.25) is 0 Å². The van der Waals surface area contributed by atoms with E-state index in [-0.39, 0.29) is 5.82 Å². The molecule has 1 aromatic carbocycles. The highest BCUT2D eigenvalue weighted by Crippen LogP contribution is 2.12. The Morgan fingerprint density at radius 2 is 2.29 bits per heavy atom. The Bertz CT molecular complexity index is 379. The van der Waals surface area contributed by atoms with Crippen LogP contribution in [0, 0.1) is 17.1 Å². The zero-order valence-corrected chi connectivity index (χ0v) is 9.09. The van der Waals surface area contributed by atoms with Crippen LogP contribution in [-0.4, -0.2) is 5.33 Å². The monoisotopic (exact) mass is 253 g/mol. The van der Waals surface area contributed by atoms with Crippen molar-refractivity contribution < 1.29 is 4.39 Å². The van der Waals surface area contributed by atoms with Crippen molar-refractivity contribution in [3.8, 4) is 6.07 Å². The number of allylic oxidation sites excluding steroid dienone is 1. The van der Waals surface area contributed by atoms with Gasteiger partial charge in [0.1, 0.15) is 5.82 Å². The van der Waals surface area contributed by atoms with Gasteiger partial charge in [-0.2, -0.15) is 5.26 Å². The first kappa shape index (κ1) is 10.9. The molecule has 72 valence electrons. The Kier molecular flexibility index (Phi) is 4.34. The van der Waals surface area contributed by atoms with Gasteiger partial charge in [0.25, 0.3) is 0 Å². The van der Waals surface area contributed by atoms with Crippen molar-refractivity contribution in [2.75, 3.05) is 5.33 Å². The van der Waals surface area contributed by atoms with Crippen LogP contribution in [0.2, 0.25) is 0 Å². The molecule has 0 spiro atoms. The largest absolute Gasteiger partial charge is 0.207 e. The second kappa shape index (κ2) is 5.56. The third-order valence-corrected chi connectivity index (χ3v) is 2.17. The van der Waals surface area contributed by atoms with Crippen LogP contribution in [0.15, 0.2) is 24.3 Å². The Hall–Kier alpha value is -1.14. The van der Waals surface area contributed by atoms with E-state index < -0.39 is 0 Å². The van der Waals surface area contributed by atoms with E-state index >= 15 is 0 Å². The minimum atomic E-state index is -0.317. The number of hydrogen-bond acceptors (Lipinski definition) is 1. The fraction of sp³-hybridized carbons (Fsp3) is 0.182. The van der Waals surface area contributed by atoms with Crippen LogP contribution in [-0.2, 0) is 0 Å². The van der Waals surface area contributed by atoms with E-state index in [9.17, 15) is 4.39 Å². The van der Waals surface area contributed by atoms with Crippen LogP contribution in [0.3, 0.4) is 0 Å². The van der Waals surface area contributed by atoms with E-state index in [4.69, 9.17) is 5.26 Å². The molecule has 14 heavy (non-hydrogen) atoms. The van der Waals surface area contributed by atoms with Gasteiger partial charge in [-0.1, -0.05) is 28.1 Å². The number of rotatable bonds is 3. The first-order chi connectivity index (χ1) is 6.77. The number of halogens is 2. The molecular weight excluding hydrogens is 245 g/mol. The Labute approximate surface area is 91.0 Å². The average molecular weight is 254 g/mol. The van der Waals surface area contributed by atoms with Crippen molar-refractivity contribution >= 4 is 22.0 Å². The maximum absolute atomic E-state index is 12.8. The second-order valence-corrected chi connectivity index (χ2v) is 3.52. The third kappa shape index (κ3) is 2.97. The molecule has 1 nitrogen and oxygen atoms in total. The number of alkyl halides is 1. The molecule has 0 heterocycles. The highest BCUT2D eigenvalue weighted by Gasteiger charge is 1.99. The second-order valence-electron chi connectivity index (χ2n) is 2.72. The molecule has 0 radical (unpaired) electrons. The summed E-state index contributed by atoms with van der Waals surface area (Å²) in [6.45, 7) is 0. The molecule has 0 aromatic heterocycles. The lowest BCUT2D eigenvalue weighted by atomic mass is 10.1. The molecule has 0 saturated heterocycles. The van der Waals surface area contributed by atoms with Gasteiger partial charge in [-0.05, 0) is 30.2 Å². The summed E-state index contributed by atoms with van der Waals surface area (Å²) < 4.78 is 12.8. The van der Waals surface area contributed by atoms with E-state index in [2.05, 4.69) is 15.9 Å². The molecule has 1 aromatic rings. The Morgan fingerprint density at radius 3 is 2.93 bits per heavy atom. The van der Waals surface area contributed by atoms with E-state index in [1.54, 1.807) is 6.08 Å². The summed E-state index contributed by atoms with van der Waals surface area (Å²) >= 11 is 3.28. The molecule has 0 atom stereocenters. The van der Waals surface area contributed by atoms with E-state index in [1.807, 2.05) is 12.1 Å². The van der Waals surface area contributed by atoms with Gasteiger partial charge in [0.15, 0.2) is 0 Å². The van der Waals surface area contributed by atoms with Crippen LogP contribution < -0.4 is 0 Å². The topological polar surface area (TPSA) is 23.8 Å². The summed E-state index contributed by atoms with van der Waals surface area (Å²) in [5.41, 5.74) is 1.13. The van der Waals surface area contributed by atoms with Crippen molar-refractivity contribution in [1.29, 1.82) is 5.26 Å². The van der Waals surface area contributed by atoms with Crippen LogP contribution >= 0.6 is 15.9 Å². The summed E-state index contributed by atoms with van der Waals surface area (Å²) in [6.07, 6.45) is 4.54. The number of nitriles is 1. The first-order valence-electron chi connectivity index (χ1n) is 4.20. The predicted octanol–water partition coefficient (Wildman–Crippen LogP) is 3.50. The summed E-state index contributed by atoms with van der Waals surface area (Å²) in [5.74, 6) is -0.317. The molecule has 0 aliphatic rings. The van der Waals surface area contributed by atoms with Crippen molar-refractivity contribution in [2.45, 2.75) is 6.42 Å². The Morgan fingerprint density at radius 1 is 1.50 bits per heavy atom. The van der Waals surface area contributed by atoms with Crippen molar-refractivity contribution in [1.82, 2.24) is 0 Å². The van der Waals surface area contributed by atoms with Gasteiger partial charge in [0.05, 0.1) is 11.6 Å². The van der Waals surface area contributed by atoms with Gasteiger partial charge in [0, 0.05) is 5.33 Å². The molecule has 1 rings (SSSR count). The fourth-order valence-electron chi connectivity index (χ4n) is 1.05. The zero-order valence-electron chi connectivity index (χ0n) is 7.50. The zero-order chi connectivity index (χ0) is 10.4. The van der Waals surface area contributed by atoms with E-state index in [0.717, 1.165) is 11.8 Å². The number of benzene rings is 1. The summed E-state index contributed by atoms with van der Waals surface area (Å²) in [7, 11) is 0. The fourth-order valence-corrected chi connectivity index (χ4v) is 1.31. The Balaban J connectivity index is 2.94. The van der Waals surface area contributed by atoms with Crippen LogP contribution in [0.25, 0.3) is 6.08 Å². The minimum Gasteiger partial charge on any atom is -0.207 e. The lowest BCUT2D eigenvalue weighted by Gasteiger charge is -1.97. The lowest BCUT2D eigenvalue weighted by Crippen LogP contribution is -1.84. The van der Waals surface area contributed by atoms with Gasteiger partial charge in [-0.25, -0.2) is 4.39 Å². The first-order valence-corrected chi connectivity index (χ1v) is 5.32.